The van der Waals surface area contributed by atoms with Crippen LogP contribution in [-0.4, -0.2) is 25.0 Å². The fourth-order valence-electron chi connectivity index (χ4n) is 3.33. The molecule has 26 heavy (non-hydrogen) atoms. The summed E-state index contributed by atoms with van der Waals surface area (Å²) >= 11 is 0. The van der Waals surface area contributed by atoms with Crippen LogP contribution in [0.4, 0.5) is 0 Å². The van der Waals surface area contributed by atoms with Gasteiger partial charge in [-0.05, 0) is 72.5 Å². The molecule has 0 saturated carbocycles. The normalized spacial score (nSPS) is 15.5. The van der Waals surface area contributed by atoms with E-state index in [9.17, 15) is 9.59 Å². The lowest BCUT2D eigenvalue weighted by Gasteiger charge is -2.18. The first-order valence-electron chi connectivity index (χ1n) is 8.78. The molecule has 0 saturated heterocycles. The molecule has 6 nitrogen and oxygen atoms in total. The Morgan fingerprint density at radius 1 is 0.692 bits per heavy atom. The molecule has 2 aliphatic heterocycles. The Labute approximate surface area is 151 Å². The van der Waals surface area contributed by atoms with Gasteiger partial charge in [-0.25, -0.2) is 9.59 Å². The molecule has 0 atom stereocenters. The van der Waals surface area contributed by atoms with E-state index in [1.165, 1.54) is 11.1 Å². The average Bonchev–Trinajstić information content (AvgIpc) is 2.67. The van der Waals surface area contributed by atoms with Crippen molar-refractivity contribution in [2.24, 2.45) is 0 Å². The van der Waals surface area contributed by atoms with Crippen molar-refractivity contribution in [3.05, 3.63) is 58.7 Å². The van der Waals surface area contributed by atoms with E-state index in [0.29, 0.717) is 11.5 Å². The molecular weight excluding hydrogens is 332 g/mol. The summed E-state index contributed by atoms with van der Waals surface area (Å²) in [4.78, 5) is 24.1. The van der Waals surface area contributed by atoms with Crippen molar-refractivity contribution >= 4 is 11.9 Å². The van der Waals surface area contributed by atoms with Gasteiger partial charge < -0.3 is 20.1 Å². The third-order valence-corrected chi connectivity index (χ3v) is 4.72. The molecule has 0 aliphatic carbocycles. The van der Waals surface area contributed by atoms with Gasteiger partial charge in [-0.15, -0.1) is 0 Å². The van der Waals surface area contributed by atoms with E-state index in [1.54, 1.807) is 12.1 Å². The second kappa shape index (κ2) is 7.27. The summed E-state index contributed by atoms with van der Waals surface area (Å²) in [5.74, 6) is -1.30. The van der Waals surface area contributed by atoms with E-state index >= 15 is 0 Å². The van der Waals surface area contributed by atoms with Crippen LogP contribution in [0, 0.1) is 0 Å². The fourth-order valence-corrected chi connectivity index (χ4v) is 3.33. The number of fused-ring (bicyclic) bond motifs is 2. The number of hydrogen-bond acceptors (Lipinski definition) is 6. The summed E-state index contributed by atoms with van der Waals surface area (Å²) in [5, 5.41) is 6.56. The molecule has 0 fully saturated rings. The maximum atomic E-state index is 12.1. The van der Waals surface area contributed by atoms with E-state index in [2.05, 4.69) is 10.6 Å². The summed E-state index contributed by atoms with van der Waals surface area (Å²) in [7, 11) is 0. The van der Waals surface area contributed by atoms with E-state index in [4.69, 9.17) is 9.47 Å². The van der Waals surface area contributed by atoms with Gasteiger partial charge in [0.1, 0.15) is 11.5 Å². The minimum atomic E-state index is -1.02. The predicted octanol–water partition coefficient (Wildman–Crippen LogP) is 1.49. The topological polar surface area (TPSA) is 76.7 Å². The lowest BCUT2D eigenvalue weighted by Crippen LogP contribution is -2.27. The molecule has 0 radical (unpaired) electrons. The largest absolute Gasteiger partial charge is 0.423 e. The van der Waals surface area contributed by atoms with Crippen LogP contribution in [0.1, 0.15) is 22.3 Å². The van der Waals surface area contributed by atoms with Gasteiger partial charge >= 0.3 is 11.9 Å². The minimum absolute atomic E-state index is 0.365. The molecule has 0 bridgehead atoms. The first-order valence-corrected chi connectivity index (χ1v) is 8.78. The summed E-state index contributed by atoms with van der Waals surface area (Å²) in [6.45, 7) is 3.39. The van der Waals surface area contributed by atoms with Gasteiger partial charge in [-0.3, -0.25) is 0 Å². The Bertz CT molecular complexity index is 791. The molecule has 0 amide bonds. The van der Waals surface area contributed by atoms with Crippen LogP contribution >= 0.6 is 0 Å². The van der Waals surface area contributed by atoms with Crippen LogP contribution in [0.2, 0.25) is 0 Å². The van der Waals surface area contributed by atoms with Crippen molar-refractivity contribution in [1.82, 2.24) is 10.6 Å². The quantitative estimate of drug-likeness (QED) is 0.484. The Balaban J connectivity index is 1.41. The first-order chi connectivity index (χ1) is 12.7. The lowest BCUT2D eigenvalue weighted by molar-refractivity contribution is -0.156. The number of nitrogens with one attached hydrogen (secondary N) is 2. The van der Waals surface area contributed by atoms with E-state index < -0.39 is 11.9 Å². The highest BCUT2D eigenvalue weighted by Gasteiger charge is 2.21. The molecule has 2 aromatic rings. The van der Waals surface area contributed by atoms with Gasteiger partial charge in [0.15, 0.2) is 0 Å². The summed E-state index contributed by atoms with van der Waals surface area (Å²) in [5.41, 5.74) is 4.63. The summed E-state index contributed by atoms with van der Waals surface area (Å²) in [6, 6.07) is 10.8. The van der Waals surface area contributed by atoms with Crippen molar-refractivity contribution < 1.29 is 19.1 Å². The molecule has 2 aliphatic rings. The third kappa shape index (κ3) is 3.61. The van der Waals surface area contributed by atoms with E-state index in [0.717, 1.165) is 50.1 Å². The highest BCUT2D eigenvalue weighted by Crippen LogP contribution is 2.22. The second-order valence-electron chi connectivity index (χ2n) is 6.49. The Kier molecular flexibility index (Phi) is 4.69. The molecule has 2 heterocycles. The number of rotatable bonds is 2. The van der Waals surface area contributed by atoms with E-state index in [1.807, 2.05) is 24.3 Å². The monoisotopic (exact) mass is 352 g/mol. The van der Waals surface area contributed by atoms with Gasteiger partial charge in [0.05, 0.1) is 0 Å². The number of benzene rings is 2. The average molecular weight is 352 g/mol. The second-order valence-corrected chi connectivity index (χ2v) is 6.49. The minimum Gasteiger partial charge on any atom is -0.418 e. The molecule has 0 aromatic heterocycles. The SMILES string of the molecule is O=C(Oc1ccc2c(c1)CCNC2)C(=O)Oc1ccc2c(c1)CCNC2. The third-order valence-electron chi connectivity index (χ3n) is 4.72. The van der Waals surface area contributed by atoms with Crippen LogP contribution in [0.3, 0.4) is 0 Å². The molecule has 4 rings (SSSR count). The van der Waals surface area contributed by atoms with Crippen molar-refractivity contribution in [2.75, 3.05) is 13.1 Å². The van der Waals surface area contributed by atoms with Crippen molar-refractivity contribution in [3.63, 3.8) is 0 Å². The van der Waals surface area contributed by atoms with Gasteiger partial charge in [-0.1, -0.05) is 12.1 Å². The zero-order valence-electron chi connectivity index (χ0n) is 14.3. The van der Waals surface area contributed by atoms with Crippen LogP contribution < -0.4 is 20.1 Å². The molecular formula is C20H20N2O4. The molecule has 0 unspecified atom stereocenters. The van der Waals surface area contributed by atoms with Crippen molar-refractivity contribution in [3.8, 4) is 11.5 Å². The number of ether oxygens (including phenoxy) is 2. The van der Waals surface area contributed by atoms with Crippen LogP contribution in [0.25, 0.3) is 0 Å². The molecule has 6 heteroatoms. The summed E-state index contributed by atoms with van der Waals surface area (Å²) in [6.07, 6.45) is 1.74. The lowest BCUT2D eigenvalue weighted by atomic mass is 10.0. The molecule has 134 valence electrons. The number of carbonyl (C=O) groups excluding carboxylic acids is 2. The Hall–Kier alpha value is -2.70. The maximum Gasteiger partial charge on any atom is 0.423 e. The van der Waals surface area contributed by atoms with Crippen molar-refractivity contribution in [2.45, 2.75) is 25.9 Å². The van der Waals surface area contributed by atoms with Gasteiger partial charge in [0, 0.05) is 13.1 Å². The van der Waals surface area contributed by atoms with E-state index in [-0.39, 0.29) is 0 Å². The maximum absolute atomic E-state index is 12.1. The van der Waals surface area contributed by atoms with Gasteiger partial charge in [-0.2, -0.15) is 0 Å². The van der Waals surface area contributed by atoms with Gasteiger partial charge in [0.25, 0.3) is 0 Å². The first kappa shape index (κ1) is 16.8. The van der Waals surface area contributed by atoms with Crippen LogP contribution in [-0.2, 0) is 35.5 Å². The highest BCUT2D eigenvalue weighted by atomic mass is 16.6. The highest BCUT2D eigenvalue weighted by molar-refractivity contribution is 6.31. The Morgan fingerprint density at radius 3 is 1.62 bits per heavy atom. The summed E-state index contributed by atoms with van der Waals surface area (Å²) < 4.78 is 10.4. The fraction of sp³-hybridized carbons (Fsp3) is 0.300. The number of esters is 2. The predicted molar refractivity (Wildman–Crippen MR) is 95.0 cm³/mol. The van der Waals surface area contributed by atoms with Gasteiger partial charge in [0.2, 0.25) is 0 Å². The molecule has 2 aromatic carbocycles. The van der Waals surface area contributed by atoms with Crippen LogP contribution in [0.5, 0.6) is 11.5 Å². The van der Waals surface area contributed by atoms with Crippen LogP contribution in [0.15, 0.2) is 36.4 Å². The zero-order chi connectivity index (χ0) is 17.9. The van der Waals surface area contributed by atoms with Crippen molar-refractivity contribution in [1.29, 1.82) is 0 Å². The molecule has 2 N–H and O–H groups in total. The Morgan fingerprint density at radius 2 is 1.15 bits per heavy atom. The molecule has 0 spiro atoms. The number of hydrogen-bond donors (Lipinski definition) is 2. The standard InChI is InChI=1S/C20H20N2O4/c23-19(25-17-3-1-15-11-21-7-5-13(15)9-17)20(24)26-18-4-2-16-12-22-8-6-14(16)10-18/h1-4,9-10,21-22H,5-8,11-12H2. The number of carbonyl (C=O) groups is 2. The zero-order valence-corrected chi connectivity index (χ0v) is 14.3. The smallest absolute Gasteiger partial charge is 0.418 e.